The maximum Gasteiger partial charge on any atom is 0.331 e. The molecule has 6 rings (SSSR count). The van der Waals surface area contributed by atoms with Crippen molar-refractivity contribution in [1.29, 1.82) is 0 Å². The molecular formula is C30H44O9. The van der Waals surface area contributed by atoms with Gasteiger partial charge in [-0.05, 0) is 94.0 Å². The Balaban J connectivity index is 1.18. The molecule has 1 saturated heterocycles. The van der Waals surface area contributed by atoms with E-state index in [1.165, 1.54) is 13.4 Å². The predicted octanol–water partition coefficient (Wildman–Crippen LogP) is 2.29. The van der Waals surface area contributed by atoms with Gasteiger partial charge < -0.3 is 39.1 Å². The molecule has 5 fully saturated rings. The fourth-order valence-corrected chi connectivity index (χ4v) is 10.00. The standard InChI is InChI=1S/C30H44O9/c1-16-24(33)26(36-3)25(34)27(38-16)39-19-6-10-29(15-31)18(13-19)4-5-22-21(29)7-9-28(2)20(8-11-30(22,28)35)17-12-23(32)37-14-17/h12,15-16,18-22,24-27,33-35H,4-11,13-14H2,1-3H3/t16-,18+,19-,20+,21?,22?,24-,25-,26+,27+,28+,29+,30-/m0/s1. The van der Waals surface area contributed by atoms with Gasteiger partial charge in [0, 0.05) is 24.0 Å². The van der Waals surface area contributed by atoms with Gasteiger partial charge in [0.15, 0.2) is 6.29 Å². The van der Waals surface area contributed by atoms with Crippen LogP contribution in [0.4, 0.5) is 0 Å². The Morgan fingerprint density at radius 3 is 2.54 bits per heavy atom. The number of cyclic esters (lactones) is 1. The summed E-state index contributed by atoms with van der Waals surface area (Å²) in [6, 6.07) is 0. The quantitative estimate of drug-likeness (QED) is 0.269. The van der Waals surface area contributed by atoms with Crippen LogP contribution in [0.25, 0.3) is 0 Å². The number of carbonyl (C=O) groups excluding carboxylic acids is 2. The number of fused-ring (bicyclic) bond motifs is 5. The summed E-state index contributed by atoms with van der Waals surface area (Å²) >= 11 is 0. The fourth-order valence-electron chi connectivity index (χ4n) is 10.00. The maximum absolute atomic E-state index is 13.0. The highest BCUT2D eigenvalue weighted by Gasteiger charge is 2.68. The van der Waals surface area contributed by atoms with Crippen molar-refractivity contribution in [2.24, 2.45) is 34.5 Å². The molecule has 39 heavy (non-hydrogen) atoms. The summed E-state index contributed by atoms with van der Waals surface area (Å²) in [5.41, 5.74) is -0.682. The molecule has 4 aliphatic carbocycles. The molecule has 2 heterocycles. The Morgan fingerprint density at radius 2 is 1.85 bits per heavy atom. The number of aliphatic hydroxyl groups is 3. The topological polar surface area (TPSA) is 132 Å². The summed E-state index contributed by atoms with van der Waals surface area (Å²) in [4.78, 5) is 24.8. The van der Waals surface area contributed by atoms with Crippen LogP contribution < -0.4 is 0 Å². The van der Waals surface area contributed by atoms with Crippen LogP contribution in [0, 0.1) is 34.5 Å². The Morgan fingerprint density at radius 1 is 1.05 bits per heavy atom. The lowest BCUT2D eigenvalue weighted by atomic mass is 9.43. The summed E-state index contributed by atoms with van der Waals surface area (Å²) in [6.07, 6.45) is 5.39. The molecule has 2 unspecified atom stereocenters. The van der Waals surface area contributed by atoms with Crippen molar-refractivity contribution in [3.05, 3.63) is 11.6 Å². The highest BCUT2D eigenvalue weighted by Crippen LogP contribution is 2.69. The highest BCUT2D eigenvalue weighted by molar-refractivity contribution is 5.85. The van der Waals surface area contributed by atoms with Gasteiger partial charge in [-0.2, -0.15) is 0 Å². The Labute approximate surface area is 230 Å². The van der Waals surface area contributed by atoms with E-state index in [2.05, 4.69) is 6.92 Å². The van der Waals surface area contributed by atoms with E-state index in [0.29, 0.717) is 32.3 Å². The second-order valence-electron chi connectivity index (χ2n) is 13.4. The molecule has 0 aromatic heterocycles. The van der Waals surface area contributed by atoms with E-state index in [1.54, 1.807) is 13.0 Å². The first-order valence-electron chi connectivity index (χ1n) is 14.8. The molecule has 0 aromatic rings. The van der Waals surface area contributed by atoms with Gasteiger partial charge in [0.05, 0.1) is 17.8 Å². The van der Waals surface area contributed by atoms with Crippen LogP contribution in [-0.2, 0) is 28.5 Å². The third-order valence-electron chi connectivity index (χ3n) is 12.1. The zero-order chi connectivity index (χ0) is 27.7. The molecule has 3 N–H and O–H groups in total. The van der Waals surface area contributed by atoms with E-state index in [4.69, 9.17) is 18.9 Å². The summed E-state index contributed by atoms with van der Waals surface area (Å²) in [7, 11) is 1.46. The summed E-state index contributed by atoms with van der Waals surface area (Å²) < 4.78 is 22.6. The van der Waals surface area contributed by atoms with E-state index in [0.717, 1.165) is 37.7 Å². The normalized spacial score (nSPS) is 53.3. The number of aldehydes is 1. The van der Waals surface area contributed by atoms with Gasteiger partial charge in [-0.15, -0.1) is 0 Å². The number of carbonyl (C=O) groups is 2. The Hall–Kier alpha value is -1.36. The van der Waals surface area contributed by atoms with Crippen molar-refractivity contribution in [3.8, 4) is 0 Å². The molecule has 13 atom stereocenters. The lowest BCUT2D eigenvalue weighted by Gasteiger charge is -2.63. The average molecular weight is 549 g/mol. The minimum Gasteiger partial charge on any atom is -0.458 e. The molecule has 218 valence electrons. The van der Waals surface area contributed by atoms with E-state index >= 15 is 0 Å². The van der Waals surface area contributed by atoms with Crippen molar-refractivity contribution >= 4 is 12.3 Å². The van der Waals surface area contributed by atoms with Crippen LogP contribution >= 0.6 is 0 Å². The van der Waals surface area contributed by atoms with Gasteiger partial charge in [0.25, 0.3) is 0 Å². The largest absolute Gasteiger partial charge is 0.458 e. The molecule has 0 amide bonds. The molecular weight excluding hydrogens is 504 g/mol. The first-order valence-corrected chi connectivity index (χ1v) is 14.8. The molecule has 9 nitrogen and oxygen atoms in total. The van der Waals surface area contributed by atoms with Crippen LogP contribution in [-0.4, -0.2) is 83.7 Å². The monoisotopic (exact) mass is 548 g/mol. The third kappa shape index (κ3) is 4.02. The van der Waals surface area contributed by atoms with Crippen LogP contribution in [0.1, 0.15) is 71.6 Å². The number of hydrogen-bond donors (Lipinski definition) is 3. The number of methoxy groups -OCH3 is 1. The molecule has 6 aliphatic rings. The molecule has 0 bridgehead atoms. The second-order valence-corrected chi connectivity index (χ2v) is 13.4. The van der Waals surface area contributed by atoms with Gasteiger partial charge in [-0.25, -0.2) is 4.79 Å². The zero-order valence-electron chi connectivity index (χ0n) is 23.3. The smallest absolute Gasteiger partial charge is 0.331 e. The van der Waals surface area contributed by atoms with Gasteiger partial charge in [0.2, 0.25) is 0 Å². The van der Waals surface area contributed by atoms with E-state index < -0.39 is 41.7 Å². The highest BCUT2D eigenvalue weighted by atomic mass is 16.7. The minimum atomic E-state index is -1.11. The zero-order valence-corrected chi connectivity index (χ0v) is 23.3. The molecule has 2 aliphatic heterocycles. The van der Waals surface area contributed by atoms with Crippen LogP contribution in [0.15, 0.2) is 11.6 Å². The molecule has 0 spiro atoms. The minimum absolute atomic E-state index is 0.0482. The Bertz CT molecular complexity index is 1010. The van der Waals surface area contributed by atoms with Gasteiger partial charge in [0.1, 0.15) is 31.2 Å². The van der Waals surface area contributed by atoms with Crippen molar-refractivity contribution in [3.63, 3.8) is 0 Å². The molecule has 4 saturated carbocycles. The van der Waals surface area contributed by atoms with Crippen molar-refractivity contribution in [2.45, 2.75) is 114 Å². The number of esters is 1. The summed E-state index contributed by atoms with van der Waals surface area (Å²) in [6.45, 7) is 4.25. The average Bonchev–Trinajstić information content (AvgIpc) is 3.47. The number of aliphatic hydroxyl groups excluding tert-OH is 2. The lowest BCUT2D eigenvalue weighted by molar-refractivity contribution is -0.312. The molecule has 9 heteroatoms. The first kappa shape index (κ1) is 27.8. The fraction of sp³-hybridized carbons (Fsp3) is 0.867. The van der Waals surface area contributed by atoms with Gasteiger partial charge in [-0.3, -0.25) is 0 Å². The van der Waals surface area contributed by atoms with Crippen LogP contribution in [0.5, 0.6) is 0 Å². The summed E-state index contributed by atoms with van der Waals surface area (Å²) in [5, 5.41) is 33.4. The van der Waals surface area contributed by atoms with E-state index in [9.17, 15) is 24.9 Å². The molecule has 0 aromatic carbocycles. The van der Waals surface area contributed by atoms with Gasteiger partial charge in [-0.1, -0.05) is 6.92 Å². The van der Waals surface area contributed by atoms with Crippen molar-refractivity contribution < 1.29 is 43.9 Å². The van der Waals surface area contributed by atoms with Crippen molar-refractivity contribution in [2.75, 3.05) is 13.7 Å². The SMILES string of the molecule is CO[C@H]1[C@H](O)[C@@H](O[C@H]2CC[C@]3(C=O)C4CC[C@]5(C)[C@@H](C6=CC(=O)OC6)CC[C@]5(O)C4CC[C@@H]3C2)O[C@@H](C)[C@@H]1O. The second kappa shape index (κ2) is 9.88. The van der Waals surface area contributed by atoms with Gasteiger partial charge >= 0.3 is 5.97 Å². The van der Waals surface area contributed by atoms with Crippen molar-refractivity contribution in [1.82, 2.24) is 0 Å². The predicted molar refractivity (Wildman–Crippen MR) is 138 cm³/mol. The number of hydrogen-bond acceptors (Lipinski definition) is 9. The van der Waals surface area contributed by atoms with Crippen LogP contribution in [0.3, 0.4) is 0 Å². The third-order valence-corrected chi connectivity index (χ3v) is 12.1. The number of ether oxygens (including phenoxy) is 4. The summed E-state index contributed by atoms with van der Waals surface area (Å²) in [5.74, 6) is 0.152. The van der Waals surface area contributed by atoms with Crippen LogP contribution in [0.2, 0.25) is 0 Å². The molecule has 0 radical (unpaired) electrons. The lowest BCUT2D eigenvalue weighted by Crippen LogP contribution is -2.63. The first-order chi connectivity index (χ1) is 18.6. The maximum atomic E-state index is 13.0. The number of rotatable bonds is 5. The Kier molecular flexibility index (Phi) is 7.04. The van der Waals surface area contributed by atoms with E-state index in [1.807, 2.05) is 0 Å². The van der Waals surface area contributed by atoms with E-state index in [-0.39, 0.29) is 41.2 Å².